The summed E-state index contributed by atoms with van der Waals surface area (Å²) in [6, 6.07) is 0. The van der Waals surface area contributed by atoms with Crippen LogP contribution in [0.25, 0.3) is 0 Å². The molecule has 0 bridgehead atoms. The second-order valence-electron chi connectivity index (χ2n) is 2.77. The van der Waals surface area contributed by atoms with Crippen molar-refractivity contribution >= 4 is 16.5 Å². The third-order valence-corrected chi connectivity index (χ3v) is 2.90. The van der Waals surface area contributed by atoms with Gasteiger partial charge in [-0.05, 0) is 19.3 Å². The van der Waals surface area contributed by atoms with Crippen LogP contribution in [0.1, 0.15) is 29.5 Å². The van der Waals surface area contributed by atoms with Crippen molar-refractivity contribution in [2.75, 3.05) is 5.73 Å². The molecule has 3 nitrogen and oxygen atoms in total. The predicted octanol–water partition coefficient (Wildman–Crippen LogP) is 1.09. The number of aromatic nitrogens is 1. The monoisotopic (exact) mass is 170 g/mol. The Hall–Kier alpha value is -0.610. The molecule has 1 unspecified atom stereocenters. The first-order chi connectivity index (χ1) is 5.27. The van der Waals surface area contributed by atoms with Gasteiger partial charge in [-0.3, -0.25) is 0 Å². The Morgan fingerprint density at radius 3 is 3.18 bits per heavy atom. The number of hydrogen-bond acceptors (Lipinski definition) is 4. The summed E-state index contributed by atoms with van der Waals surface area (Å²) in [5.74, 6) is 0. The van der Waals surface area contributed by atoms with Gasteiger partial charge >= 0.3 is 0 Å². The van der Waals surface area contributed by atoms with Gasteiger partial charge in [-0.25, -0.2) is 4.98 Å². The van der Waals surface area contributed by atoms with Crippen molar-refractivity contribution in [3.63, 3.8) is 0 Å². The highest BCUT2D eigenvalue weighted by atomic mass is 32.1. The zero-order chi connectivity index (χ0) is 7.84. The van der Waals surface area contributed by atoms with Crippen LogP contribution in [0.15, 0.2) is 0 Å². The standard InChI is InChI=1S/C7H10N2OS/c8-7-9-6-4(10)2-1-3-5(6)11-7/h4,10H,1-3H2,(H2,8,9). The molecule has 11 heavy (non-hydrogen) atoms. The second kappa shape index (κ2) is 2.46. The SMILES string of the molecule is Nc1nc2c(s1)CCCC2O. The summed E-state index contributed by atoms with van der Waals surface area (Å²) in [4.78, 5) is 5.25. The van der Waals surface area contributed by atoms with Crippen LogP contribution < -0.4 is 5.73 Å². The molecule has 0 fully saturated rings. The Bertz CT molecular complexity index is 271. The predicted molar refractivity (Wildman–Crippen MR) is 44.4 cm³/mol. The lowest BCUT2D eigenvalue weighted by Crippen LogP contribution is -2.07. The van der Waals surface area contributed by atoms with Crippen LogP contribution in [0, 0.1) is 0 Å². The third-order valence-electron chi connectivity index (χ3n) is 1.94. The molecular weight excluding hydrogens is 160 g/mol. The molecule has 0 aliphatic heterocycles. The summed E-state index contributed by atoms with van der Waals surface area (Å²) in [6.45, 7) is 0. The molecule has 0 aromatic carbocycles. The first kappa shape index (κ1) is 7.06. The second-order valence-corrected chi connectivity index (χ2v) is 3.88. The first-order valence-electron chi connectivity index (χ1n) is 3.70. The van der Waals surface area contributed by atoms with Gasteiger partial charge in [-0.15, -0.1) is 11.3 Å². The fourth-order valence-corrected chi connectivity index (χ4v) is 2.34. The maximum Gasteiger partial charge on any atom is 0.180 e. The van der Waals surface area contributed by atoms with Gasteiger partial charge in [-0.2, -0.15) is 0 Å². The summed E-state index contributed by atoms with van der Waals surface area (Å²) in [5.41, 5.74) is 6.34. The van der Waals surface area contributed by atoms with Crippen molar-refractivity contribution in [3.05, 3.63) is 10.6 Å². The number of aliphatic hydroxyl groups is 1. The quantitative estimate of drug-likeness (QED) is 0.613. The number of nitrogens with zero attached hydrogens (tertiary/aromatic N) is 1. The van der Waals surface area contributed by atoms with E-state index in [1.54, 1.807) is 0 Å². The van der Waals surface area contributed by atoms with Crippen LogP contribution >= 0.6 is 11.3 Å². The average Bonchev–Trinajstić information content (AvgIpc) is 2.31. The van der Waals surface area contributed by atoms with Gasteiger partial charge in [-0.1, -0.05) is 0 Å². The normalized spacial score (nSPS) is 23.2. The lowest BCUT2D eigenvalue weighted by atomic mass is 10.0. The Balaban J connectivity index is 2.43. The molecule has 0 amide bonds. The number of hydrogen-bond donors (Lipinski definition) is 2. The molecule has 1 heterocycles. The summed E-state index contributed by atoms with van der Waals surface area (Å²) >= 11 is 1.50. The van der Waals surface area contributed by atoms with Crippen molar-refractivity contribution in [2.45, 2.75) is 25.4 Å². The Morgan fingerprint density at radius 1 is 1.64 bits per heavy atom. The minimum Gasteiger partial charge on any atom is -0.387 e. The van der Waals surface area contributed by atoms with E-state index in [9.17, 15) is 5.11 Å². The smallest absolute Gasteiger partial charge is 0.180 e. The van der Waals surface area contributed by atoms with E-state index in [1.165, 1.54) is 16.2 Å². The van der Waals surface area contributed by atoms with Crippen LogP contribution in [0.4, 0.5) is 5.13 Å². The summed E-state index contributed by atoms with van der Waals surface area (Å²) in [5, 5.41) is 10.0. The maximum absolute atomic E-state index is 9.46. The summed E-state index contributed by atoms with van der Waals surface area (Å²) in [6.07, 6.45) is 2.54. The van der Waals surface area contributed by atoms with Gasteiger partial charge < -0.3 is 10.8 Å². The molecular formula is C7H10N2OS. The van der Waals surface area contributed by atoms with Crippen molar-refractivity contribution in [2.24, 2.45) is 0 Å². The number of fused-ring (bicyclic) bond motifs is 1. The van der Waals surface area contributed by atoms with Gasteiger partial charge in [0.15, 0.2) is 5.13 Å². The van der Waals surface area contributed by atoms with Gasteiger partial charge in [0.05, 0.1) is 11.8 Å². The van der Waals surface area contributed by atoms with E-state index in [4.69, 9.17) is 5.73 Å². The van der Waals surface area contributed by atoms with Crippen molar-refractivity contribution in [1.29, 1.82) is 0 Å². The van der Waals surface area contributed by atoms with E-state index < -0.39 is 0 Å². The molecule has 0 saturated carbocycles. The van der Waals surface area contributed by atoms with Crippen LogP contribution in [-0.2, 0) is 6.42 Å². The Kier molecular flexibility index (Phi) is 1.58. The number of aliphatic hydroxyl groups excluding tert-OH is 1. The molecule has 60 valence electrons. The van der Waals surface area contributed by atoms with Gasteiger partial charge in [0, 0.05) is 4.88 Å². The topological polar surface area (TPSA) is 59.1 Å². The van der Waals surface area contributed by atoms with Crippen molar-refractivity contribution in [1.82, 2.24) is 4.98 Å². The van der Waals surface area contributed by atoms with E-state index in [2.05, 4.69) is 4.98 Å². The molecule has 4 heteroatoms. The lowest BCUT2D eigenvalue weighted by molar-refractivity contribution is 0.153. The van der Waals surface area contributed by atoms with Crippen LogP contribution in [0.3, 0.4) is 0 Å². The average molecular weight is 170 g/mol. The zero-order valence-corrected chi connectivity index (χ0v) is 6.90. The Labute approximate surface area is 68.9 Å². The van der Waals surface area contributed by atoms with Crippen molar-refractivity contribution in [3.8, 4) is 0 Å². The fraction of sp³-hybridized carbons (Fsp3) is 0.571. The van der Waals surface area contributed by atoms with Crippen molar-refractivity contribution < 1.29 is 5.11 Å². The lowest BCUT2D eigenvalue weighted by Gasteiger charge is -2.14. The number of thiazole rings is 1. The molecule has 0 spiro atoms. The van der Waals surface area contributed by atoms with Gasteiger partial charge in [0.2, 0.25) is 0 Å². The molecule has 1 aromatic heterocycles. The van der Waals surface area contributed by atoms with Gasteiger partial charge in [0.25, 0.3) is 0 Å². The highest BCUT2D eigenvalue weighted by Crippen LogP contribution is 2.33. The number of nitrogens with two attached hydrogens (primary N) is 1. The van der Waals surface area contributed by atoms with Crippen LogP contribution in [-0.4, -0.2) is 10.1 Å². The Morgan fingerprint density at radius 2 is 2.45 bits per heavy atom. The van der Waals surface area contributed by atoms with Gasteiger partial charge in [0.1, 0.15) is 0 Å². The molecule has 1 atom stereocenters. The molecule has 1 aromatic rings. The number of anilines is 1. The highest BCUT2D eigenvalue weighted by Gasteiger charge is 2.21. The van der Waals surface area contributed by atoms with E-state index in [1.807, 2.05) is 0 Å². The zero-order valence-electron chi connectivity index (χ0n) is 6.08. The molecule has 3 N–H and O–H groups in total. The minimum atomic E-state index is -0.368. The third kappa shape index (κ3) is 1.12. The number of aryl methyl sites for hydroxylation is 1. The first-order valence-corrected chi connectivity index (χ1v) is 4.52. The van der Waals surface area contributed by atoms with Crippen LogP contribution in [0.2, 0.25) is 0 Å². The number of nitrogen functional groups attached to an aromatic ring is 1. The van der Waals surface area contributed by atoms with E-state index in [0.717, 1.165) is 25.0 Å². The summed E-state index contributed by atoms with van der Waals surface area (Å²) < 4.78 is 0. The highest BCUT2D eigenvalue weighted by molar-refractivity contribution is 7.15. The van der Waals surface area contributed by atoms with E-state index >= 15 is 0 Å². The fourth-order valence-electron chi connectivity index (χ4n) is 1.41. The molecule has 2 rings (SSSR count). The largest absolute Gasteiger partial charge is 0.387 e. The molecule has 1 aliphatic carbocycles. The van der Waals surface area contributed by atoms with E-state index in [-0.39, 0.29) is 6.10 Å². The van der Waals surface area contributed by atoms with Crippen LogP contribution in [0.5, 0.6) is 0 Å². The maximum atomic E-state index is 9.46. The summed E-state index contributed by atoms with van der Waals surface area (Å²) in [7, 11) is 0. The molecule has 0 saturated heterocycles. The number of rotatable bonds is 0. The molecule has 0 radical (unpaired) electrons. The minimum absolute atomic E-state index is 0.368. The molecule has 1 aliphatic rings. The van der Waals surface area contributed by atoms with E-state index in [0.29, 0.717) is 5.13 Å².